The number of hydrogen-bond acceptors (Lipinski definition) is 4. The van der Waals surface area contributed by atoms with E-state index in [0.29, 0.717) is 17.9 Å². The Morgan fingerprint density at radius 1 is 0.897 bits per heavy atom. The Bertz CT molecular complexity index is 571. The van der Waals surface area contributed by atoms with Gasteiger partial charge in [-0.05, 0) is 43.4 Å². The zero-order chi connectivity index (χ0) is 21.3. The predicted octanol–water partition coefficient (Wildman–Crippen LogP) is 6.77. The minimum absolute atomic E-state index is 0.0335. The van der Waals surface area contributed by atoms with Gasteiger partial charge < -0.3 is 9.84 Å². The number of carbonyl (C=O) groups is 2. The monoisotopic (exact) mass is 422 g/mol. The molecule has 0 fully saturated rings. The molecule has 164 valence electrons. The molecule has 0 aliphatic rings. The van der Waals surface area contributed by atoms with Crippen molar-refractivity contribution in [2.24, 2.45) is 0 Å². The van der Waals surface area contributed by atoms with E-state index in [9.17, 15) is 14.7 Å². The number of ether oxygens (including phenoxy) is 1. The van der Waals surface area contributed by atoms with Crippen LogP contribution in [0.1, 0.15) is 94.8 Å². The Hall–Kier alpha value is -1.49. The fourth-order valence-corrected chi connectivity index (χ4v) is 4.29. The number of ketones is 1. The van der Waals surface area contributed by atoms with Gasteiger partial charge in [-0.15, -0.1) is 11.8 Å². The molecule has 0 aliphatic carbocycles. The van der Waals surface area contributed by atoms with E-state index >= 15 is 0 Å². The van der Waals surface area contributed by atoms with E-state index in [-0.39, 0.29) is 12.2 Å². The summed E-state index contributed by atoms with van der Waals surface area (Å²) in [5.41, 5.74) is 0.541. The topological polar surface area (TPSA) is 63.6 Å². The number of carboxylic acid groups (broad SMARTS) is 1. The van der Waals surface area contributed by atoms with Crippen LogP contribution in [0.15, 0.2) is 24.3 Å². The van der Waals surface area contributed by atoms with Crippen molar-refractivity contribution >= 4 is 23.5 Å². The van der Waals surface area contributed by atoms with Crippen LogP contribution in [0.3, 0.4) is 0 Å². The third kappa shape index (κ3) is 11.9. The first kappa shape index (κ1) is 25.5. The molecule has 0 aromatic heterocycles. The predicted molar refractivity (Wildman–Crippen MR) is 122 cm³/mol. The molecule has 1 aromatic rings. The maximum atomic E-state index is 12.4. The SMILES string of the molecule is CCCCCCCCCCCCSC(CC(=O)c1ccc(OCC)cc1)C(=O)O. The molecule has 4 nitrogen and oxygen atoms in total. The van der Waals surface area contributed by atoms with E-state index < -0.39 is 11.2 Å². The smallest absolute Gasteiger partial charge is 0.317 e. The summed E-state index contributed by atoms with van der Waals surface area (Å²) >= 11 is 1.40. The van der Waals surface area contributed by atoms with Crippen LogP contribution in [-0.2, 0) is 4.79 Å². The molecule has 1 atom stereocenters. The lowest BCUT2D eigenvalue weighted by molar-refractivity contribution is -0.136. The van der Waals surface area contributed by atoms with Gasteiger partial charge in [0.15, 0.2) is 5.78 Å². The van der Waals surface area contributed by atoms with Gasteiger partial charge >= 0.3 is 5.97 Å². The van der Waals surface area contributed by atoms with Gasteiger partial charge in [0, 0.05) is 12.0 Å². The van der Waals surface area contributed by atoms with Crippen LogP contribution in [0.25, 0.3) is 0 Å². The van der Waals surface area contributed by atoms with E-state index in [4.69, 9.17) is 4.74 Å². The van der Waals surface area contributed by atoms with Crippen molar-refractivity contribution in [3.63, 3.8) is 0 Å². The summed E-state index contributed by atoms with van der Waals surface area (Å²) in [4.78, 5) is 23.9. The zero-order valence-corrected chi connectivity index (χ0v) is 19.0. The zero-order valence-electron chi connectivity index (χ0n) is 18.2. The highest BCUT2D eigenvalue weighted by Crippen LogP contribution is 2.21. The molecule has 0 radical (unpaired) electrons. The van der Waals surface area contributed by atoms with Crippen LogP contribution in [-0.4, -0.2) is 34.5 Å². The third-order valence-corrected chi connectivity index (χ3v) is 6.25. The lowest BCUT2D eigenvalue weighted by Gasteiger charge is -2.12. The van der Waals surface area contributed by atoms with Gasteiger partial charge in [0.2, 0.25) is 0 Å². The number of benzene rings is 1. The van der Waals surface area contributed by atoms with Crippen molar-refractivity contribution in [2.75, 3.05) is 12.4 Å². The largest absolute Gasteiger partial charge is 0.494 e. The van der Waals surface area contributed by atoms with E-state index in [2.05, 4.69) is 6.92 Å². The lowest BCUT2D eigenvalue weighted by atomic mass is 10.1. The molecule has 0 spiro atoms. The molecule has 29 heavy (non-hydrogen) atoms. The second-order valence-electron chi connectivity index (χ2n) is 7.46. The highest BCUT2D eigenvalue weighted by molar-refractivity contribution is 8.00. The lowest BCUT2D eigenvalue weighted by Crippen LogP contribution is -2.21. The Kier molecular flexibility index (Phi) is 14.4. The normalized spacial score (nSPS) is 11.9. The molecule has 0 bridgehead atoms. The first-order chi connectivity index (χ1) is 14.1. The van der Waals surface area contributed by atoms with Crippen molar-refractivity contribution in [1.29, 1.82) is 0 Å². The number of thioether (sulfide) groups is 1. The van der Waals surface area contributed by atoms with Crippen molar-refractivity contribution in [3.05, 3.63) is 29.8 Å². The summed E-state index contributed by atoms with van der Waals surface area (Å²) in [6, 6.07) is 6.92. The molecular formula is C24H38O4S. The van der Waals surface area contributed by atoms with Gasteiger partial charge in [-0.2, -0.15) is 0 Å². The average molecular weight is 423 g/mol. The standard InChI is InChI=1S/C24H38O4S/c1-3-5-6-7-8-9-10-11-12-13-18-29-23(24(26)27)19-22(25)20-14-16-21(17-15-20)28-4-2/h14-17,23H,3-13,18-19H2,1-2H3,(H,26,27). The molecule has 0 saturated heterocycles. The number of carboxylic acids is 1. The van der Waals surface area contributed by atoms with E-state index in [0.717, 1.165) is 18.6 Å². The van der Waals surface area contributed by atoms with Crippen LogP contribution in [0, 0.1) is 0 Å². The van der Waals surface area contributed by atoms with Crippen LogP contribution in [0.5, 0.6) is 5.75 Å². The Balaban J connectivity index is 2.21. The maximum absolute atomic E-state index is 12.4. The summed E-state index contributed by atoms with van der Waals surface area (Å²) in [6.45, 7) is 4.72. The number of unbranched alkanes of at least 4 members (excludes halogenated alkanes) is 9. The fraction of sp³-hybridized carbons (Fsp3) is 0.667. The first-order valence-corrected chi connectivity index (χ1v) is 12.2. The fourth-order valence-electron chi connectivity index (χ4n) is 3.22. The molecule has 0 amide bonds. The molecule has 1 rings (SSSR count). The molecule has 0 saturated carbocycles. The number of aliphatic carboxylic acids is 1. The number of hydrogen-bond donors (Lipinski definition) is 1. The highest BCUT2D eigenvalue weighted by Gasteiger charge is 2.22. The quantitative estimate of drug-likeness (QED) is 0.209. The minimum atomic E-state index is -0.902. The Morgan fingerprint density at radius 3 is 1.97 bits per heavy atom. The van der Waals surface area contributed by atoms with E-state index in [1.807, 2.05) is 6.92 Å². The van der Waals surface area contributed by atoms with Crippen LogP contribution < -0.4 is 4.74 Å². The van der Waals surface area contributed by atoms with Gasteiger partial charge in [-0.25, -0.2) is 0 Å². The molecule has 0 aliphatic heterocycles. The summed E-state index contributed by atoms with van der Waals surface area (Å²) in [5, 5.41) is 8.78. The second kappa shape index (κ2) is 16.3. The van der Waals surface area contributed by atoms with E-state index in [1.54, 1.807) is 24.3 Å². The summed E-state index contributed by atoms with van der Waals surface area (Å²) < 4.78 is 5.37. The van der Waals surface area contributed by atoms with Gasteiger partial charge in [0.1, 0.15) is 11.0 Å². The Morgan fingerprint density at radius 2 is 1.45 bits per heavy atom. The highest BCUT2D eigenvalue weighted by atomic mass is 32.2. The summed E-state index contributed by atoms with van der Waals surface area (Å²) in [5.74, 6) is 0.482. The minimum Gasteiger partial charge on any atom is -0.494 e. The average Bonchev–Trinajstić information content (AvgIpc) is 2.71. The molecule has 1 aromatic carbocycles. The van der Waals surface area contributed by atoms with Gasteiger partial charge in [-0.3, -0.25) is 9.59 Å². The molecule has 0 heterocycles. The molecule has 1 unspecified atom stereocenters. The Labute approximate surface area is 180 Å². The van der Waals surface area contributed by atoms with Gasteiger partial charge in [0.25, 0.3) is 0 Å². The van der Waals surface area contributed by atoms with Crippen molar-refractivity contribution in [1.82, 2.24) is 0 Å². The summed E-state index contributed by atoms with van der Waals surface area (Å²) in [7, 11) is 0. The third-order valence-electron chi connectivity index (χ3n) is 4.95. The van der Waals surface area contributed by atoms with Crippen molar-refractivity contribution in [3.8, 4) is 5.75 Å². The van der Waals surface area contributed by atoms with Crippen LogP contribution in [0.2, 0.25) is 0 Å². The summed E-state index contributed by atoms with van der Waals surface area (Å²) in [6.07, 6.45) is 12.7. The second-order valence-corrected chi connectivity index (χ2v) is 8.77. The van der Waals surface area contributed by atoms with E-state index in [1.165, 1.54) is 63.1 Å². The van der Waals surface area contributed by atoms with Gasteiger partial charge in [-0.1, -0.05) is 64.7 Å². The van der Waals surface area contributed by atoms with Gasteiger partial charge in [0.05, 0.1) is 6.61 Å². The number of carbonyl (C=O) groups excluding carboxylic acids is 1. The van der Waals surface area contributed by atoms with Crippen LogP contribution in [0.4, 0.5) is 0 Å². The van der Waals surface area contributed by atoms with Crippen molar-refractivity contribution < 1.29 is 19.4 Å². The molecule has 1 N–H and O–H groups in total. The van der Waals surface area contributed by atoms with Crippen molar-refractivity contribution in [2.45, 2.75) is 89.7 Å². The molecule has 5 heteroatoms. The number of Topliss-reactive ketones (excluding diaryl/α,β-unsaturated/α-hetero) is 1. The van der Waals surface area contributed by atoms with Crippen LogP contribution >= 0.6 is 11.8 Å². The first-order valence-electron chi connectivity index (χ1n) is 11.2. The maximum Gasteiger partial charge on any atom is 0.317 e. The number of rotatable bonds is 18. The molecular weight excluding hydrogens is 384 g/mol.